The van der Waals surface area contributed by atoms with Gasteiger partial charge in [0.15, 0.2) is 0 Å². The van der Waals surface area contributed by atoms with Crippen molar-refractivity contribution < 1.29 is 32.5 Å². The van der Waals surface area contributed by atoms with Gasteiger partial charge in [-0.05, 0) is 30.3 Å². The topological polar surface area (TPSA) is 55.8 Å². The van der Waals surface area contributed by atoms with Gasteiger partial charge in [0.05, 0.1) is 18.2 Å². The van der Waals surface area contributed by atoms with Gasteiger partial charge in [0.1, 0.15) is 11.5 Å². The van der Waals surface area contributed by atoms with Crippen LogP contribution in [-0.2, 0) is 10.4 Å². The van der Waals surface area contributed by atoms with E-state index in [0.717, 1.165) is 12.1 Å². The van der Waals surface area contributed by atoms with Crippen molar-refractivity contribution >= 4 is 23.6 Å². The molecule has 1 atom stereocenters. The van der Waals surface area contributed by atoms with E-state index in [4.69, 9.17) is 21.1 Å². The van der Waals surface area contributed by atoms with Crippen molar-refractivity contribution in [2.75, 3.05) is 7.11 Å². The maximum absolute atomic E-state index is 14.3. The molecule has 2 aromatic carbocycles. The summed E-state index contributed by atoms with van der Waals surface area (Å²) < 4.78 is 53.3. The number of aliphatic carboxylic acids is 1. The lowest BCUT2D eigenvalue weighted by Crippen LogP contribution is -2.52. The van der Waals surface area contributed by atoms with Crippen molar-refractivity contribution in [1.29, 1.82) is 0 Å². The van der Waals surface area contributed by atoms with Crippen molar-refractivity contribution in [2.45, 2.75) is 11.8 Å². The Morgan fingerprint density at radius 1 is 1.23 bits per heavy atom. The number of halogens is 4. The summed E-state index contributed by atoms with van der Waals surface area (Å²) in [7, 11) is 1.18. The minimum atomic E-state index is -5.11. The molecule has 8 heteroatoms. The smallest absolute Gasteiger partial charge is 0.437 e. The highest BCUT2D eigenvalue weighted by atomic mass is 35.5. The summed E-state index contributed by atoms with van der Waals surface area (Å²) in [6, 6.07) is 9.44. The number of benzene rings is 2. The van der Waals surface area contributed by atoms with Gasteiger partial charge >= 0.3 is 12.1 Å². The molecule has 26 heavy (non-hydrogen) atoms. The first-order valence-corrected chi connectivity index (χ1v) is 7.72. The number of alkyl halides is 3. The highest BCUT2D eigenvalue weighted by Crippen LogP contribution is 2.54. The fourth-order valence-corrected chi connectivity index (χ4v) is 3.07. The molecular weight excluding hydrogens is 373 g/mol. The molecule has 1 unspecified atom stereocenters. The van der Waals surface area contributed by atoms with Crippen molar-refractivity contribution in [3.05, 3.63) is 64.2 Å². The number of methoxy groups -OCH3 is 1. The third-order valence-corrected chi connectivity index (χ3v) is 4.27. The molecule has 0 aliphatic carbocycles. The highest BCUT2D eigenvalue weighted by Gasteiger charge is 2.65. The van der Waals surface area contributed by atoms with E-state index in [1.807, 2.05) is 0 Å². The second-order valence-electron chi connectivity index (χ2n) is 5.53. The molecule has 1 N–H and O–H groups in total. The molecular formula is C18H12ClF3O4. The van der Waals surface area contributed by atoms with Gasteiger partial charge in [0, 0.05) is 10.6 Å². The molecule has 0 spiro atoms. The van der Waals surface area contributed by atoms with Crippen LogP contribution in [-0.4, -0.2) is 24.4 Å². The Morgan fingerprint density at radius 2 is 1.92 bits per heavy atom. The minimum absolute atomic E-state index is 0.0170. The molecule has 1 aliphatic heterocycles. The molecule has 1 aliphatic rings. The Morgan fingerprint density at radius 3 is 2.54 bits per heavy atom. The normalized spacial score (nSPS) is 19.2. The van der Waals surface area contributed by atoms with Gasteiger partial charge in [-0.2, -0.15) is 13.2 Å². The van der Waals surface area contributed by atoms with E-state index in [1.165, 1.54) is 37.4 Å². The molecule has 2 aromatic rings. The van der Waals surface area contributed by atoms with E-state index in [2.05, 4.69) is 0 Å². The molecule has 0 aromatic heterocycles. The molecule has 4 nitrogen and oxygen atoms in total. The first kappa shape index (κ1) is 18.1. The summed E-state index contributed by atoms with van der Waals surface area (Å²) in [6.45, 7) is 0. The van der Waals surface area contributed by atoms with Gasteiger partial charge in [-0.1, -0.05) is 29.8 Å². The van der Waals surface area contributed by atoms with Crippen LogP contribution in [0.15, 0.2) is 48.0 Å². The Labute approximate surface area is 151 Å². The number of hydrogen-bond donors (Lipinski definition) is 1. The molecule has 0 fully saturated rings. The maximum Gasteiger partial charge on any atom is 0.437 e. The fraction of sp³-hybridized carbons (Fsp3) is 0.167. The molecule has 1 heterocycles. The van der Waals surface area contributed by atoms with Gasteiger partial charge in [0.2, 0.25) is 0 Å². The molecule has 3 rings (SSSR count). The van der Waals surface area contributed by atoms with Crippen LogP contribution in [0.4, 0.5) is 13.2 Å². The first-order chi connectivity index (χ1) is 12.2. The van der Waals surface area contributed by atoms with Crippen LogP contribution in [0.5, 0.6) is 11.5 Å². The average Bonchev–Trinajstić information content (AvgIpc) is 2.59. The SMILES string of the molecule is COc1ccc(Cl)cc1C1(C(F)(F)F)Oc2ccccc2C=C1C(=O)O. The lowest BCUT2D eigenvalue weighted by molar-refractivity contribution is -0.241. The third-order valence-electron chi connectivity index (χ3n) is 4.03. The maximum atomic E-state index is 14.3. The van der Waals surface area contributed by atoms with Crippen molar-refractivity contribution in [1.82, 2.24) is 0 Å². The van der Waals surface area contributed by atoms with E-state index >= 15 is 0 Å². The molecule has 0 bridgehead atoms. The number of hydrogen-bond acceptors (Lipinski definition) is 3. The lowest BCUT2D eigenvalue weighted by atomic mass is 9.81. The Hall–Kier alpha value is -2.67. The van der Waals surface area contributed by atoms with Crippen molar-refractivity contribution in [2.24, 2.45) is 0 Å². The summed E-state index contributed by atoms with van der Waals surface area (Å²) >= 11 is 5.89. The van der Waals surface area contributed by atoms with Crippen LogP contribution in [0.25, 0.3) is 6.08 Å². The summed E-state index contributed by atoms with van der Waals surface area (Å²) in [5.41, 5.74) is -4.57. The van der Waals surface area contributed by atoms with Crippen LogP contribution in [0, 0.1) is 0 Å². The Bertz CT molecular complexity index is 908. The zero-order chi connectivity index (χ0) is 19.1. The van der Waals surface area contributed by atoms with Crippen LogP contribution in [0.3, 0.4) is 0 Å². The number of carbonyl (C=O) groups is 1. The molecule has 0 saturated carbocycles. The van der Waals surface area contributed by atoms with Crippen LogP contribution in [0.1, 0.15) is 11.1 Å². The number of para-hydroxylation sites is 1. The Balaban J connectivity index is 2.41. The highest BCUT2D eigenvalue weighted by molar-refractivity contribution is 6.30. The van der Waals surface area contributed by atoms with Gasteiger partial charge in [0.25, 0.3) is 5.60 Å². The molecule has 0 saturated heterocycles. The third kappa shape index (κ3) is 2.68. The zero-order valence-electron chi connectivity index (χ0n) is 13.3. The largest absolute Gasteiger partial charge is 0.496 e. The summed E-state index contributed by atoms with van der Waals surface area (Å²) in [5, 5.41) is 9.52. The van der Waals surface area contributed by atoms with Crippen LogP contribution < -0.4 is 9.47 Å². The number of rotatable bonds is 3. The van der Waals surface area contributed by atoms with E-state index in [1.54, 1.807) is 6.07 Å². The summed E-state index contributed by atoms with van der Waals surface area (Å²) in [6.07, 6.45) is -4.16. The number of carboxylic acid groups (broad SMARTS) is 1. The van der Waals surface area contributed by atoms with E-state index in [9.17, 15) is 23.1 Å². The minimum Gasteiger partial charge on any atom is -0.496 e. The van der Waals surface area contributed by atoms with E-state index in [0.29, 0.717) is 0 Å². The van der Waals surface area contributed by atoms with Gasteiger partial charge in [-0.25, -0.2) is 4.79 Å². The van der Waals surface area contributed by atoms with Gasteiger partial charge < -0.3 is 14.6 Å². The summed E-state index contributed by atoms with van der Waals surface area (Å²) in [4.78, 5) is 11.8. The van der Waals surface area contributed by atoms with Crippen molar-refractivity contribution in [3.8, 4) is 11.5 Å². The van der Waals surface area contributed by atoms with Crippen molar-refractivity contribution in [3.63, 3.8) is 0 Å². The predicted octanol–water partition coefficient (Wildman–Crippen LogP) is 4.67. The second-order valence-corrected chi connectivity index (χ2v) is 5.96. The molecule has 0 radical (unpaired) electrons. The predicted molar refractivity (Wildman–Crippen MR) is 88.4 cm³/mol. The zero-order valence-corrected chi connectivity index (χ0v) is 14.1. The van der Waals surface area contributed by atoms with Crippen LogP contribution >= 0.6 is 11.6 Å². The first-order valence-electron chi connectivity index (χ1n) is 7.35. The lowest BCUT2D eigenvalue weighted by Gasteiger charge is -2.40. The van der Waals surface area contributed by atoms with E-state index in [-0.39, 0.29) is 22.1 Å². The quantitative estimate of drug-likeness (QED) is 0.835. The summed E-state index contributed by atoms with van der Waals surface area (Å²) in [5.74, 6) is -2.06. The number of ether oxygens (including phenoxy) is 2. The average molecular weight is 385 g/mol. The van der Waals surface area contributed by atoms with E-state index < -0.39 is 28.9 Å². The number of carboxylic acids is 1. The molecule has 136 valence electrons. The van der Waals surface area contributed by atoms with Gasteiger partial charge in [-0.3, -0.25) is 0 Å². The fourth-order valence-electron chi connectivity index (χ4n) is 2.90. The monoisotopic (exact) mass is 384 g/mol. The second kappa shape index (κ2) is 6.25. The standard InChI is InChI=1S/C18H12ClF3O4/c1-25-15-7-6-11(19)9-12(15)17(18(20,21)22)13(16(23)24)8-10-4-2-3-5-14(10)26-17/h2-9H,1H3,(H,23,24). The van der Waals surface area contributed by atoms with Gasteiger partial charge in [-0.15, -0.1) is 0 Å². The Kier molecular flexibility index (Phi) is 4.36. The number of fused-ring (bicyclic) bond motifs is 1. The molecule has 0 amide bonds. The van der Waals surface area contributed by atoms with Crippen LogP contribution in [0.2, 0.25) is 5.02 Å².